The molecule has 0 unspecified atom stereocenters. The third kappa shape index (κ3) is 5.40. The molecule has 1 amide bonds. The highest BCUT2D eigenvalue weighted by Crippen LogP contribution is 2.35. The van der Waals surface area contributed by atoms with Crippen LogP contribution in [0, 0.1) is 0 Å². The summed E-state index contributed by atoms with van der Waals surface area (Å²) in [6, 6.07) is 15.8. The zero-order valence-electron chi connectivity index (χ0n) is 18.7. The first kappa shape index (κ1) is 24.2. The van der Waals surface area contributed by atoms with E-state index in [9.17, 15) is 13.2 Å². The smallest absolute Gasteiger partial charge is 0.230 e. The number of carbonyl (C=O) groups is 1. The summed E-state index contributed by atoms with van der Waals surface area (Å²) in [6.07, 6.45) is 5.17. The SMILES string of the molecule is COc1ccc(S(=O)(=O)CCC(=O)N(Cc2cccnc2)c2nc3c(SC)cccc3s2)cc1. The monoisotopic (exact) mass is 513 g/mol. The standard InChI is InChI=1S/C24H23N3O4S3/c1-31-18-8-10-19(11-9-18)34(29,30)14-12-22(28)27(16-17-5-4-13-25-15-17)24-26-23-20(32-2)6-3-7-21(23)33-24/h3-11,13,15H,12,14,16H2,1-2H3. The molecule has 0 aliphatic carbocycles. The molecule has 2 aromatic carbocycles. The fraction of sp³-hybridized carbons (Fsp3) is 0.208. The Morgan fingerprint density at radius 3 is 2.59 bits per heavy atom. The molecule has 0 atom stereocenters. The first-order valence-electron chi connectivity index (χ1n) is 10.4. The quantitative estimate of drug-likeness (QED) is 0.297. The third-order valence-corrected chi connectivity index (χ3v) is 8.73. The van der Waals surface area contributed by atoms with E-state index in [1.807, 2.05) is 30.5 Å². The lowest BCUT2D eigenvalue weighted by atomic mass is 10.2. The molecule has 10 heteroatoms. The molecule has 2 heterocycles. The minimum Gasteiger partial charge on any atom is -0.497 e. The number of ether oxygens (including phenoxy) is 1. The second-order valence-electron chi connectivity index (χ2n) is 7.39. The Hall–Kier alpha value is -2.95. The number of hydrogen-bond acceptors (Lipinski definition) is 8. The van der Waals surface area contributed by atoms with Crippen LogP contribution in [0.15, 0.2) is 76.8 Å². The number of amides is 1. The maximum atomic E-state index is 13.3. The van der Waals surface area contributed by atoms with E-state index in [-0.39, 0.29) is 29.5 Å². The van der Waals surface area contributed by atoms with Crippen LogP contribution in [0.5, 0.6) is 5.75 Å². The maximum absolute atomic E-state index is 13.3. The van der Waals surface area contributed by atoms with Crippen LogP contribution in [-0.4, -0.2) is 43.4 Å². The Bertz CT molecular complexity index is 1390. The van der Waals surface area contributed by atoms with Gasteiger partial charge in [-0.1, -0.05) is 23.5 Å². The van der Waals surface area contributed by atoms with Crippen molar-refractivity contribution in [3.63, 3.8) is 0 Å². The number of pyridine rings is 1. The average Bonchev–Trinajstić information content (AvgIpc) is 3.30. The molecule has 0 fully saturated rings. The van der Waals surface area contributed by atoms with E-state index < -0.39 is 9.84 Å². The minimum absolute atomic E-state index is 0.157. The van der Waals surface area contributed by atoms with Crippen LogP contribution in [0.1, 0.15) is 12.0 Å². The second-order valence-corrected chi connectivity index (χ2v) is 11.4. The van der Waals surface area contributed by atoms with Gasteiger partial charge in [0, 0.05) is 23.7 Å². The summed E-state index contributed by atoms with van der Waals surface area (Å²) in [5, 5.41) is 0.534. The molecule has 0 aliphatic rings. The van der Waals surface area contributed by atoms with Crippen molar-refractivity contribution in [2.75, 3.05) is 24.0 Å². The van der Waals surface area contributed by atoms with Gasteiger partial charge in [0.05, 0.1) is 34.5 Å². The summed E-state index contributed by atoms with van der Waals surface area (Å²) < 4.78 is 31.7. The van der Waals surface area contributed by atoms with Gasteiger partial charge in [-0.3, -0.25) is 14.7 Å². The number of sulfone groups is 1. The van der Waals surface area contributed by atoms with Gasteiger partial charge in [0.2, 0.25) is 5.91 Å². The van der Waals surface area contributed by atoms with E-state index in [1.165, 1.54) is 30.6 Å². The number of methoxy groups -OCH3 is 1. The summed E-state index contributed by atoms with van der Waals surface area (Å²) in [4.78, 5) is 24.9. The molecule has 0 saturated carbocycles. The Kier molecular flexibility index (Phi) is 7.50. The Labute approximate surface area is 206 Å². The van der Waals surface area contributed by atoms with Gasteiger partial charge in [0.15, 0.2) is 15.0 Å². The lowest BCUT2D eigenvalue weighted by molar-refractivity contribution is -0.118. The van der Waals surface area contributed by atoms with Crippen LogP contribution in [-0.2, 0) is 21.2 Å². The Morgan fingerprint density at radius 1 is 1.12 bits per heavy atom. The predicted octanol–water partition coefficient (Wildman–Crippen LogP) is 4.82. The molecule has 0 saturated heterocycles. The molecule has 7 nitrogen and oxygen atoms in total. The highest BCUT2D eigenvalue weighted by molar-refractivity contribution is 7.98. The van der Waals surface area contributed by atoms with Crippen LogP contribution in [0.2, 0.25) is 0 Å². The number of nitrogens with zero attached hydrogens (tertiary/aromatic N) is 3. The zero-order chi connectivity index (χ0) is 24.1. The molecular formula is C24H23N3O4S3. The van der Waals surface area contributed by atoms with Gasteiger partial charge >= 0.3 is 0 Å². The molecule has 0 radical (unpaired) electrons. The van der Waals surface area contributed by atoms with Crippen LogP contribution in [0.3, 0.4) is 0 Å². The number of thioether (sulfide) groups is 1. The van der Waals surface area contributed by atoms with Crippen LogP contribution in [0.25, 0.3) is 10.2 Å². The lowest BCUT2D eigenvalue weighted by Crippen LogP contribution is -2.31. The van der Waals surface area contributed by atoms with Gasteiger partial charge in [0.25, 0.3) is 0 Å². The van der Waals surface area contributed by atoms with Crippen molar-refractivity contribution in [3.05, 3.63) is 72.6 Å². The van der Waals surface area contributed by atoms with Crippen molar-refractivity contribution in [1.29, 1.82) is 0 Å². The summed E-state index contributed by atoms with van der Waals surface area (Å²) >= 11 is 3.01. The maximum Gasteiger partial charge on any atom is 0.230 e. The second kappa shape index (κ2) is 10.5. The van der Waals surface area contributed by atoms with Gasteiger partial charge in [-0.25, -0.2) is 13.4 Å². The summed E-state index contributed by atoms with van der Waals surface area (Å²) in [7, 11) is -2.12. The highest BCUT2D eigenvalue weighted by Gasteiger charge is 2.24. The highest BCUT2D eigenvalue weighted by atomic mass is 32.2. The number of rotatable bonds is 9. The molecular weight excluding hydrogens is 490 g/mol. The van der Waals surface area contributed by atoms with Crippen molar-refractivity contribution in [3.8, 4) is 5.75 Å². The van der Waals surface area contributed by atoms with Crippen LogP contribution in [0.4, 0.5) is 5.13 Å². The first-order valence-corrected chi connectivity index (χ1v) is 14.1. The van der Waals surface area contributed by atoms with Crippen molar-refractivity contribution >= 4 is 54.2 Å². The van der Waals surface area contributed by atoms with Crippen molar-refractivity contribution in [2.24, 2.45) is 0 Å². The first-order chi connectivity index (χ1) is 16.4. The number of aromatic nitrogens is 2. The van der Waals surface area contributed by atoms with Gasteiger partial charge in [0.1, 0.15) is 5.75 Å². The Balaban J connectivity index is 1.60. The van der Waals surface area contributed by atoms with E-state index in [2.05, 4.69) is 4.98 Å². The van der Waals surface area contributed by atoms with Gasteiger partial charge < -0.3 is 4.74 Å². The van der Waals surface area contributed by atoms with E-state index in [4.69, 9.17) is 9.72 Å². The summed E-state index contributed by atoms with van der Waals surface area (Å²) in [6.45, 7) is 0.254. The van der Waals surface area contributed by atoms with Crippen molar-refractivity contribution < 1.29 is 17.9 Å². The molecule has 34 heavy (non-hydrogen) atoms. The van der Waals surface area contributed by atoms with Crippen LogP contribution >= 0.6 is 23.1 Å². The number of anilines is 1. The number of hydrogen-bond donors (Lipinski definition) is 0. The van der Waals surface area contributed by atoms with E-state index in [1.54, 1.807) is 47.3 Å². The summed E-state index contributed by atoms with van der Waals surface area (Å²) in [5.41, 5.74) is 1.67. The topological polar surface area (TPSA) is 89.5 Å². The molecule has 176 valence electrons. The van der Waals surface area contributed by atoms with Gasteiger partial charge in [-0.15, -0.1) is 11.8 Å². The fourth-order valence-electron chi connectivity index (χ4n) is 3.39. The molecule has 0 spiro atoms. The van der Waals surface area contributed by atoms with Gasteiger partial charge in [-0.2, -0.15) is 0 Å². The van der Waals surface area contributed by atoms with Crippen molar-refractivity contribution in [2.45, 2.75) is 22.8 Å². The largest absolute Gasteiger partial charge is 0.497 e. The van der Waals surface area contributed by atoms with E-state index in [0.717, 1.165) is 20.7 Å². The number of para-hydroxylation sites is 1. The molecule has 4 aromatic rings. The van der Waals surface area contributed by atoms with E-state index in [0.29, 0.717) is 10.9 Å². The average molecular weight is 514 g/mol. The fourth-order valence-corrected chi connectivity index (χ4v) is 6.25. The Morgan fingerprint density at radius 2 is 1.91 bits per heavy atom. The molecule has 0 N–H and O–H groups in total. The van der Waals surface area contributed by atoms with Crippen molar-refractivity contribution in [1.82, 2.24) is 9.97 Å². The number of fused-ring (bicyclic) bond motifs is 1. The van der Waals surface area contributed by atoms with Gasteiger partial charge in [-0.05, 0) is 54.3 Å². The predicted molar refractivity (Wildman–Crippen MR) is 136 cm³/mol. The normalized spacial score (nSPS) is 11.5. The molecule has 0 bridgehead atoms. The van der Waals surface area contributed by atoms with E-state index >= 15 is 0 Å². The lowest BCUT2D eigenvalue weighted by Gasteiger charge is -2.20. The number of benzene rings is 2. The molecule has 2 aromatic heterocycles. The number of thiazole rings is 1. The zero-order valence-corrected chi connectivity index (χ0v) is 21.1. The third-order valence-electron chi connectivity index (χ3n) is 5.19. The number of carbonyl (C=O) groups excluding carboxylic acids is 1. The molecule has 4 rings (SSSR count). The minimum atomic E-state index is -3.64. The van der Waals surface area contributed by atoms with Crippen LogP contribution < -0.4 is 9.64 Å². The summed E-state index contributed by atoms with van der Waals surface area (Å²) in [5.74, 6) is -0.0494. The molecule has 0 aliphatic heterocycles.